The first kappa shape index (κ1) is 12.7. The molecule has 0 saturated carbocycles. The normalized spacial score (nSPS) is 28.7. The molecule has 0 aromatic carbocycles. The average molecular weight is 211 g/mol. The molecule has 2 atom stereocenters. The molecule has 1 saturated heterocycles. The van der Waals surface area contributed by atoms with Gasteiger partial charge < -0.3 is 10.1 Å². The second-order valence-corrected chi connectivity index (χ2v) is 4.68. The van der Waals surface area contributed by atoms with E-state index in [4.69, 9.17) is 4.74 Å². The number of rotatable bonds is 6. The highest BCUT2D eigenvalue weighted by Crippen LogP contribution is 2.29. The lowest BCUT2D eigenvalue weighted by atomic mass is 9.85. The average Bonchev–Trinajstić information content (AvgIpc) is 2.25. The van der Waals surface area contributed by atoms with Crippen molar-refractivity contribution in [3.63, 3.8) is 0 Å². The molecule has 0 aromatic rings. The maximum Gasteiger partial charge on any atom is 0.0806 e. The maximum absolute atomic E-state index is 5.96. The Morgan fingerprint density at radius 3 is 2.87 bits per heavy atom. The first-order valence-corrected chi connectivity index (χ1v) is 6.15. The standard InChI is InChI=1S/C13H25NO/c1-4-5-6-9-12(14-3)13(2)10-7-8-11-15-13/h4,12,14H,1,5-11H2,2-3H3. The van der Waals surface area contributed by atoms with Crippen LogP contribution in [0.4, 0.5) is 0 Å². The van der Waals surface area contributed by atoms with Gasteiger partial charge in [0.25, 0.3) is 0 Å². The fraction of sp³-hybridized carbons (Fsp3) is 0.846. The van der Waals surface area contributed by atoms with Gasteiger partial charge in [0, 0.05) is 12.6 Å². The summed E-state index contributed by atoms with van der Waals surface area (Å²) < 4.78 is 5.96. The summed E-state index contributed by atoms with van der Waals surface area (Å²) in [6, 6.07) is 0.484. The topological polar surface area (TPSA) is 21.3 Å². The third-order valence-electron chi connectivity index (χ3n) is 3.49. The van der Waals surface area contributed by atoms with Crippen LogP contribution in [-0.2, 0) is 4.74 Å². The number of ether oxygens (including phenoxy) is 1. The van der Waals surface area contributed by atoms with Crippen molar-refractivity contribution in [1.29, 1.82) is 0 Å². The Bertz CT molecular complexity index is 185. The van der Waals surface area contributed by atoms with E-state index in [1.54, 1.807) is 0 Å². The third kappa shape index (κ3) is 3.62. The van der Waals surface area contributed by atoms with Gasteiger partial charge in [-0.2, -0.15) is 0 Å². The van der Waals surface area contributed by atoms with Crippen molar-refractivity contribution in [2.24, 2.45) is 0 Å². The minimum atomic E-state index is 0.0498. The van der Waals surface area contributed by atoms with E-state index in [0.29, 0.717) is 6.04 Å². The molecule has 1 aliphatic rings. The summed E-state index contributed by atoms with van der Waals surface area (Å²) in [4.78, 5) is 0. The molecule has 2 nitrogen and oxygen atoms in total. The Morgan fingerprint density at radius 2 is 2.33 bits per heavy atom. The van der Waals surface area contributed by atoms with E-state index in [9.17, 15) is 0 Å². The van der Waals surface area contributed by atoms with Crippen LogP contribution in [0, 0.1) is 0 Å². The summed E-state index contributed by atoms with van der Waals surface area (Å²) in [6.07, 6.45) is 9.19. The van der Waals surface area contributed by atoms with Crippen LogP contribution >= 0.6 is 0 Å². The SMILES string of the molecule is C=CCCCC(NC)C1(C)CCCCO1. The Kier molecular flexibility index (Phi) is 5.34. The Balaban J connectivity index is 2.43. The molecule has 1 heterocycles. The second-order valence-electron chi connectivity index (χ2n) is 4.68. The van der Waals surface area contributed by atoms with Crippen LogP contribution in [0.1, 0.15) is 45.4 Å². The third-order valence-corrected chi connectivity index (χ3v) is 3.49. The summed E-state index contributed by atoms with van der Waals surface area (Å²) in [7, 11) is 2.04. The van der Waals surface area contributed by atoms with Crippen LogP contribution in [0.25, 0.3) is 0 Å². The van der Waals surface area contributed by atoms with Crippen molar-refractivity contribution >= 4 is 0 Å². The summed E-state index contributed by atoms with van der Waals surface area (Å²) in [5.41, 5.74) is 0.0498. The Morgan fingerprint density at radius 1 is 1.53 bits per heavy atom. The van der Waals surface area contributed by atoms with E-state index < -0.39 is 0 Å². The van der Waals surface area contributed by atoms with Crippen LogP contribution < -0.4 is 5.32 Å². The molecule has 0 spiro atoms. The summed E-state index contributed by atoms with van der Waals surface area (Å²) in [6.45, 7) is 6.94. The van der Waals surface area contributed by atoms with Crippen molar-refractivity contribution in [3.05, 3.63) is 12.7 Å². The molecule has 0 amide bonds. The molecule has 88 valence electrons. The first-order chi connectivity index (χ1) is 7.23. The number of allylic oxidation sites excluding steroid dienone is 1. The fourth-order valence-electron chi connectivity index (χ4n) is 2.45. The zero-order chi connectivity index (χ0) is 11.1. The summed E-state index contributed by atoms with van der Waals surface area (Å²) >= 11 is 0. The molecule has 2 unspecified atom stereocenters. The quantitative estimate of drug-likeness (QED) is 0.539. The highest BCUT2D eigenvalue weighted by atomic mass is 16.5. The highest BCUT2D eigenvalue weighted by Gasteiger charge is 2.35. The van der Waals surface area contributed by atoms with Crippen LogP contribution in [-0.4, -0.2) is 25.3 Å². The molecule has 0 bridgehead atoms. The minimum Gasteiger partial charge on any atom is -0.374 e. The smallest absolute Gasteiger partial charge is 0.0806 e. The van der Waals surface area contributed by atoms with Crippen molar-refractivity contribution < 1.29 is 4.74 Å². The van der Waals surface area contributed by atoms with Gasteiger partial charge >= 0.3 is 0 Å². The van der Waals surface area contributed by atoms with E-state index in [1.807, 2.05) is 13.1 Å². The lowest BCUT2D eigenvalue weighted by molar-refractivity contribution is -0.0889. The van der Waals surface area contributed by atoms with Gasteiger partial charge in [0.2, 0.25) is 0 Å². The fourth-order valence-corrected chi connectivity index (χ4v) is 2.45. The molecular weight excluding hydrogens is 186 g/mol. The molecule has 0 aromatic heterocycles. The minimum absolute atomic E-state index is 0.0498. The number of hydrogen-bond donors (Lipinski definition) is 1. The zero-order valence-corrected chi connectivity index (χ0v) is 10.2. The van der Waals surface area contributed by atoms with Crippen molar-refractivity contribution in [1.82, 2.24) is 5.32 Å². The molecule has 0 aliphatic carbocycles. The van der Waals surface area contributed by atoms with Gasteiger partial charge in [-0.25, -0.2) is 0 Å². The molecule has 1 fully saturated rings. The van der Waals surface area contributed by atoms with Gasteiger partial charge in [-0.05, 0) is 52.5 Å². The summed E-state index contributed by atoms with van der Waals surface area (Å²) in [5.74, 6) is 0. The van der Waals surface area contributed by atoms with E-state index in [1.165, 1.54) is 32.1 Å². The molecular formula is C13H25NO. The predicted octanol–water partition coefficient (Wildman–Crippen LogP) is 2.89. The predicted molar refractivity (Wildman–Crippen MR) is 65.1 cm³/mol. The van der Waals surface area contributed by atoms with Crippen molar-refractivity contribution in [3.8, 4) is 0 Å². The van der Waals surface area contributed by atoms with E-state index in [-0.39, 0.29) is 5.60 Å². The molecule has 1 N–H and O–H groups in total. The van der Waals surface area contributed by atoms with Gasteiger partial charge in [-0.15, -0.1) is 6.58 Å². The molecule has 2 heteroatoms. The highest BCUT2D eigenvalue weighted by molar-refractivity contribution is 4.91. The zero-order valence-electron chi connectivity index (χ0n) is 10.2. The number of hydrogen-bond acceptors (Lipinski definition) is 2. The largest absolute Gasteiger partial charge is 0.374 e. The van der Waals surface area contributed by atoms with Crippen LogP contribution in [0.2, 0.25) is 0 Å². The lowest BCUT2D eigenvalue weighted by Gasteiger charge is -2.40. The molecule has 1 aliphatic heterocycles. The molecule has 15 heavy (non-hydrogen) atoms. The number of nitrogens with one attached hydrogen (secondary N) is 1. The van der Waals surface area contributed by atoms with E-state index in [2.05, 4.69) is 18.8 Å². The first-order valence-electron chi connectivity index (χ1n) is 6.15. The van der Waals surface area contributed by atoms with Crippen molar-refractivity contribution in [2.75, 3.05) is 13.7 Å². The molecule has 1 rings (SSSR count). The van der Waals surface area contributed by atoms with Crippen LogP contribution in [0.15, 0.2) is 12.7 Å². The van der Waals surface area contributed by atoms with Gasteiger partial charge in [0.05, 0.1) is 5.60 Å². The van der Waals surface area contributed by atoms with Gasteiger partial charge in [0.1, 0.15) is 0 Å². The maximum atomic E-state index is 5.96. The van der Waals surface area contributed by atoms with Crippen LogP contribution in [0.3, 0.4) is 0 Å². The van der Waals surface area contributed by atoms with Crippen LogP contribution in [0.5, 0.6) is 0 Å². The lowest BCUT2D eigenvalue weighted by Crippen LogP contribution is -2.51. The van der Waals surface area contributed by atoms with Crippen molar-refractivity contribution in [2.45, 2.75) is 57.1 Å². The monoisotopic (exact) mass is 211 g/mol. The molecule has 0 radical (unpaired) electrons. The van der Waals surface area contributed by atoms with E-state index >= 15 is 0 Å². The van der Waals surface area contributed by atoms with Gasteiger partial charge in [-0.1, -0.05) is 6.08 Å². The Hall–Kier alpha value is -0.340. The summed E-state index contributed by atoms with van der Waals surface area (Å²) in [5, 5.41) is 3.41. The Labute approximate surface area is 94.1 Å². The van der Waals surface area contributed by atoms with E-state index in [0.717, 1.165) is 13.0 Å². The number of unbranched alkanes of at least 4 members (excludes halogenated alkanes) is 1. The van der Waals surface area contributed by atoms with Gasteiger partial charge in [0.15, 0.2) is 0 Å². The second kappa shape index (κ2) is 6.29. The van der Waals surface area contributed by atoms with Gasteiger partial charge in [-0.3, -0.25) is 0 Å². The number of likely N-dealkylation sites (N-methyl/N-ethyl adjacent to an activating group) is 1.